The Labute approximate surface area is 242 Å². The number of tetrazole rings is 1. The number of benzene rings is 1. The van der Waals surface area contributed by atoms with E-state index in [-0.39, 0.29) is 34.6 Å². The molecule has 0 amide bonds. The Morgan fingerprint density at radius 3 is 2.70 bits per heavy atom. The van der Waals surface area contributed by atoms with E-state index in [1.807, 2.05) is 4.90 Å². The van der Waals surface area contributed by atoms with Crippen LogP contribution in [0.15, 0.2) is 30.5 Å². The van der Waals surface area contributed by atoms with E-state index in [9.17, 15) is 14.0 Å². The first-order valence-corrected chi connectivity index (χ1v) is 13.1. The van der Waals surface area contributed by atoms with Gasteiger partial charge < -0.3 is 30.0 Å². The van der Waals surface area contributed by atoms with Gasteiger partial charge in [0.25, 0.3) is 6.43 Å². The second kappa shape index (κ2) is 11.4. The number of anilines is 5. The molecule has 17 heteroatoms. The van der Waals surface area contributed by atoms with E-state index in [0.29, 0.717) is 47.4 Å². The van der Waals surface area contributed by atoms with E-state index in [2.05, 4.69) is 57.0 Å². The van der Waals surface area contributed by atoms with Gasteiger partial charge in [0.15, 0.2) is 34.6 Å². The molecule has 3 N–H and O–H groups in total. The molecular weight excluding hydrogens is 564 g/mol. The van der Waals surface area contributed by atoms with Gasteiger partial charge in [0.05, 0.1) is 43.4 Å². The van der Waals surface area contributed by atoms with Gasteiger partial charge in [0, 0.05) is 26.3 Å². The number of halogens is 2. The molecule has 5 heterocycles. The molecule has 0 aliphatic carbocycles. The number of aromatic nitrogens is 9. The Bertz CT molecular complexity index is 1830. The third-order valence-corrected chi connectivity index (χ3v) is 6.82. The first-order valence-electron chi connectivity index (χ1n) is 13.1. The largest absolute Gasteiger partial charge is 0.494 e. The molecule has 1 aliphatic rings. The molecule has 1 saturated heterocycles. The van der Waals surface area contributed by atoms with Crippen LogP contribution in [0.4, 0.5) is 37.6 Å². The number of hydrogen-bond donors (Lipinski definition) is 3. The van der Waals surface area contributed by atoms with Gasteiger partial charge in [-0.05, 0) is 23.8 Å². The van der Waals surface area contributed by atoms with Crippen molar-refractivity contribution in [1.82, 2.24) is 45.1 Å². The number of H-pyrrole nitrogens is 1. The lowest BCUT2D eigenvalue weighted by molar-refractivity contribution is 0.121. The summed E-state index contributed by atoms with van der Waals surface area (Å²) in [4.78, 5) is 23.2. The number of para-hydroxylation sites is 1. The lowest BCUT2D eigenvalue weighted by Crippen LogP contribution is -2.24. The Balaban J connectivity index is 1.36. The number of aromatic amines is 1. The molecule has 4 aromatic heterocycles. The minimum atomic E-state index is -2.85. The Morgan fingerprint density at radius 1 is 1.14 bits per heavy atom. The Kier molecular flexibility index (Phi) is 7.34. The molecule has 43 heavy (non-hydrogen) atoms. The summed E-state index contributed by atoms with van der Waals surface area (Å²) in [7, 11) is 4.79. The molecule has 0 radical (unpaired) electrons. The van der Waals surface area contributed by atoms with Crippen LogP contribution in [-0.4, -0.2) is 78.5 Å². The van der Waals surface area contributed by atoms with Crippen LogP contribution >= 0.6 is 0 Å². The zero-order valence-electron chi connectivity index (χ0n) is 23.2. The minimum absolute atomic E-state index is 0.0290. The van der Waals surface area contributed by atoms with Crippen molar-refractivity contribution in [3.63, 3.8) is 0 Å². The van der Waals surface area contributed by atoms with Crippen LogP contribution in [0.1, 0.15) is 24.4 Å². The molecule has 5 aromatic rings. The van der Waals surface area contributed by atoms with Crippen molar-refractivity contribution in [2.24, 2.45) is 7.05 Å². The van der Waals surface area contributed by atoms with E-state index in [1.165, 1.54) is 18.1 Å². The maximum Gasteiger partial charge on any atom is 0.295 e. The van der Waals surface area contributed by atoms with Crippen molar-refractivity contribution in [1.29, 1.82) is 5.26 Å². The summed E-state index contributed by atoms with van der Waals surface area (Å²) in [6, 6.07) is 8.97. The van der Waals surface area contributed by atoms with Crippen molar-refractivity contribution in [2.45, 2.75) is 19.0 Å². The smallest absolute Gasteiger partial charge is 0.295 e. The van der Waals surface area contributed by atoms with Crippen molar-refractivity contribution >= 4 is 40.0 Å². The molecule has 6 rings (SSSR count). The highest BCUT2D eigenvalue weighted by Crippen LogP contribution is 2.38. The molecule has 0 bridgehead atoms. The predicted molar refractivity (Wildman–Crippen MR) is 151 cm³/mol. The summed E-state index contributed by atoms with van der Waals surface area (Å²) in [5.74, 6) is 1.12. The van der Waals surface area contributed by atoms with Crippen LogP contribution in [0.3, 0.4) is 0 Å². The molecule has 15 nitrogen and oxygen atoms in total. The van der Waals surface area contributed by atoms with Gasteiger partial charge in [-0.2, -0.15) is 10.1 Å². The van der Waals surface area contributed by atoms with Gasteiger partial charge in [-0.15, -0.1) is 10.2 Å². The zero-order chi connectivity index (χ0) is 30.1. The predicted octanol–water partition coefficient (Wildman–Crippen LogP) is 3.47. The Hall–Kier alpha value is -5.50. The highest BCUT2D eigenvalue weighted by atomic mass is 19.3. The average molecular weight is 590 g/mol. The molecule has 0 unspecified atom stereocenters. The normalized spacial score (nSPS) is 14.8. The third kappa shape index (κ3) is 5.42. The van der Waals surface area contributed by atoms with Crippen LogP contribution in [-0.2, 0) is 11.8 Å². The molecule has 0 spiro atoms. The van der Waals surface area contributed by atoms with Gasteiger partial charge in [-0.1, -0.05) is 6.07 Å². The van der Waals surface area contributed by atoms with Gasteiger partial charge in [0.2, 0.25) is 5.82 Å². The molecule has 1 aromatic carbocycles. The molecule has 1 fully saturated rings. The van der Waals surface area contributed by atoms with E-state index in [0.717, 1.165) is 6.42 Å². The molecule has 220 valence electrons. The fraction of sp³-hybridized carbons (Fsp3) is 0.308. The fourth-order valence-electron chi connectivity index (χ4n) is 4.83. The third-order valence-electron chi connectivity index (χ3n) is 6.82. The van der Waals surface area contributed by atoms with Crippen molar-refractivity contribution < 1.29 is 18.3 Å². The summed E-state index contributed by atoms with van der Waals surface area (Å²) >= 11 is 0. The number of hydrogen-bond acceptors (Lipinski definition) is 13. The summed E-state index contributed by atoms with van der Waals surface area (Å²) in [6.07, 6.45) is -0.504. The number of nitrogens with one attached hydrogen (secondary N) is 3. The Morgan fingerprint density at radius 2 is 2.00 bits per heavy atom. The number of methoxy groups -OCH3 is 2. The van der Waals surface area contributed by atoms with Crippen molar-refractivity contribution in [2.75, 3.05) is 42.8 Å². The van der Waals surface area contributed by atoms with E-state index >= 15 is 0 Å². The number of fused-ring (bicyclic) bond motifs is 1. The first kappa shape index (κ1) is 27.7. The van der Waals surface area contributed by atoms with E-state index in [1.54, 1.807) is 38.4 Å². The van der Waals surface area contributed by atoms with Crippen LogP contribution in [0.5, 0.6) is 5.75 Å². The number of aryl methyl sites for hydroxylation is 1. The lowest BCUT2D eigenvalue weighted by atomic mass is 10.1. The number of alkyl halides is 2. The summed E-state index contributed by atoms with van der Waals surface area (Å²) in [5.41, 5.74) is 1.82. The number of rotatable bonds is 9. The van der Waals surface area contributed by atoms with Crippen LogP contribution in [0.2, 0.25) is 0 Å². The number of ether oxygens (including phenoxy) is 2. The maximum atomic E-state index is 13.6. The molecule has 1 aliphatic heterocycles. The van der Waals surface area contributed by atoms with Crippen molar-refractivity contribution in [3.8, 4) is 23.2 Å². The molecular formula is C26H25F2N13O2. The van der Waals surface area contributed by atoms with Crippen LogP contribution in [0, 0.1) is 11.3 Å². The monoisotopic (exact) mass is 589 g/mol. The van der Waals surface area contributed by atoms with Gasteiger partial charge in [0.1, 0.15) is 17.4 Å². The highest BCUT2D eigenvalue weighted by molar-refractivity contribution is 5.92. The van der Waals surface area contributed by atoms with Crippen LogP contribution < -0.4 is 20.3 Å². The quantitative estimate of drug-likeness (QED) is 0.228. The van der Waals surface area contributed by atoms with Gasteiger partial charge in [-0.3, -0.25) is 0 Å². The number of nitriles is 1. The lowest BCUT2D eigenvalue weighted by Gasteiger charge is -2.18. The standard InChI is InChI=1S/C26H25F2N13O2/c1-40-38-23(37-39-40)14-5-4-6-15(21(14)43-3)31-16-9-18(34-24-20(16)35-25(36-24)22(27)28)33-19-11-30-26(17(10-29)32-19)41-8-7-13(12-41)42-2/h4-6,9,11,13,22H,7-8,12H2,1-3H3,(H3,31,32,33,34,35,36)/t13-/m1/s1. The second-order valence-corrected chi connectivity index (χ2v) is 9.55. The summed E-state index contributed by atoms with van der Waals surface area (Å²) < 4.78 is 38.3. The molecule has 1 atom stereocenters. The number of imidazole rings is 1. The second-order valence-electron chi connectivity index (χ2n) is 9.55. The number of nitrogens with zero attached hydrogens (tertiary/aromatic N) is 10. The average Bonchev–Trinajstić information content (AvgIpc) is 3.77. The molecule has 0 saturated carbocycles. The highest BCUT2D eigenvalue weighted by Gasteiger charge is 2.26. The van der Waals surface area contributed by atoms with E-state index in [4.69, 9.17) is 9.47 Å². The summed E-state index contributed by atoms with van der Waals surface area (Å²) in [6.45, 7) is 1.29. The zero-order valence-corrected chi connectivity index (χ0v) is 23.2. The van der Waals surface area contributed by atoms with Crippen molar-refractivity contribution in [3.05, 3.63) is 42.0 Å². The summed E-state index contributed by atoms with van der Waals surface area (Å²) in [5, 5.41) is 28.2. The number of pyridine rings is 1. The first-order chi connectivity index (χ1) is 20.9. The van der Waals surface area contributed by atoms with E-state index < -0.39 is 12.2 Å². The maximum absolute atomic E-state index is 13.6. The minimum Gasteiger partial charge on any atom is -0.494 e. The fourth-order valence-corrected chi connectivity index (χ4v) is 4.83. The van der Waals surface area contributed by atoms with Crippen LogP contribution in [0.25, 0.3) is 22.6 Å². The SMILES string of the molecule is COc1c(Nc2cc(Nc3cnc(N4CC[C@@H](OC)C4)c(C#N)n3)nc3nc(C(F)F)[nH]c23)cccc1-c1nnn(C)n1. The topological polar surface area (TPSA) is 180 Å². The van der Waals surface area contributed by atoms with Gasteiger partial charge >= 0.3 is 0 Å². The van der Waals surface area contributed by atoms with Gasteiger partial charge in [-0.25, -0.2) is 28.7 Å².